The van der Waals surface area contributed by atoms with Crippen LogP contribution in [-0.2, 0) is 11.2 Å². The molecule has 2 aliphatic heterocycles. The number of hydrogen-bond acceptors (Lipinski definition) is 4. The minimum atomic E-state index is -0.629. The third-order valence-electron chi connectivity index (χ3n) is 8.31. The molecule has 2 heterocycles. The molecule has 2 aromatic carbocycles. The maximum Gasteiger partial charge on any atom is 0.306 e. The van der Waals surface area contributed by atoms with E-state index in [9.17, 15) is 15.2 Å². The van der Waals surface area contributed by atoms with Crippen LogP contribution in [0.5, 0.6) is 5.75 Å². The van der Waals surface area contributed by atoms with E-state index in [1.54, 1.807) is 0 Å². The van der Waals surface area contributed by atoms with Crippen molar-refractivity contribution in [1.29, 1.82) is 5.26 Å². The van der Waals surface area contributed by atoms with Crippen molar-refractivity contribution in [3.05, 3.63) is 41.5 Å². The molecule has 0 aromatic heterocycles. The maximum atomic E-state index is 11.4. The molecule has 2 saturated heterocycles. The van der Waals surface area contributed by atoms with E-state index in [0.29, 0.717) is 17.6 Å². The van der Waals surface area contributed by atoms with Crippen LogP contribution in [-0.4, -0.2) is 40.7 Å². The molecule has 33 heavy (non-hydrogen) atoms. The van der Waals surface area contributed by atoms with Crippen LogP contribution in [0.3, 0.4) is 0 Å². The summed E-state index contributed by atoms with van der Waals surface area (Å²) in [6, 6.07) is 13.7. The van der Waals surface area contributed by atoms with Crippen molar-refractivity contribution in [2.24, 2.45) is 11.8 Å². The van der Waals surface area contributed by atoms with Gasteiger partial charge >= 0.3 is 5.97 Å². The lowest BCUT2D eigenvalue weighted by atomic mass is 9.89. The van der Waals surface area contributed by atoms with Gasteiger partial charge in [0.2, 0.25) is 0 Å². The smallest absolute Gasteiger partial charge is 0.306 e. The Morgan fingerprint density at radius 3 is 2.48 bits per heavy atom. The van der Waals surface area contributed by atoms with E-state index in [1.807, 2.05) is 6.07 Å². The minimum absolute atomic E-state index is 0.169. The number of hydrogen-bond donors (Lipinski definition) is 1. The fourth-order valence-electron chi connectivity index (χ4n) is 6.35. The topological polar surface area (TPSA) is 73.6 Å². The molecule has 0 amide bonds. The first-order chi connectivity index (χ1) is 16.0. The second-order valence-electron chi connectivity index (χ2n) is 10.5. The number of nitriles is 1. The zero-order chi connectivity index (χ0) is 22.9. The van der Waals surface area contributed by atoms with E-state index in [0.717, 1.165) is 73.9 Å². The predicted molar refractivity (Wildman–Crippen MR) is 128 cm³/mol. The molecule has 2 unspecified atom stereocenters. The second kappa shape index (κ2) is 9.35. The zero-order valence-electron chi connectivity index (χ0n) is 19.5. The van der Waals surface area contributed by atoms with Crippen LogP contribution >= 0.6 is 0 Å². The Labute approximate surface area is 196 Å². The highest BCUT2D eigenvalue weighted by molar-refractivity contribution is 5.90. The van der Waals surface area contributed by atoms with Crippen molar-refractivity contribution in [2.45, 2.75) is 82.9 Å². The number of carboxylic acid groups (broad SMARTS) is 1. The van der Waals surface area contributed by atoms with Crippen LogP contribution in [0.15, 0.2) is 30.3 Å². The molecule has 1 N–H and O–H groups in total. The summed E-state index contributed by atoms with van der Waals surface area (Å²) in [4.78, 5) is 14.0. The summed E-state index contributed by atoms with van der Waals surface area (Å²) in [7, 11) is 0. The van der Waals surface area contributed by atoms with Gasteiger partial charge in [-0.05, 0) is 80.7 Å². The lowest BCUT2D eigenvalue weighted by molar-refractivity contribution is -0.144. The largest absolute Gasteiger partial charge is 0.489 e. The summed E-state index contributed by atoms with van der Waals surface area (Å²) in [5.41, 5.74) is 1.91. The average molecular weight is 447 g/mol. The molecule has 2 atom stereocenters. The number of aliphatic carboxylic acids is 1. The number of piperidine rings is 1. The summed E-state index contributed by atoms with van der Waals surface area (Å²) in [5, 5.41) is 21.3. The highest BCUT2D eigenvalue weighted by Crippen LogP contribution is 2.39. The van der Waals surface area contributed by atoms with E-state index < -0.39 is 5.97 Å². The molecule has 3 aliphatic rings. The third kappa shape index (κ3) is 4.59. The number of nitrogens with zero attached hydrogens (tertiary/aromatic N) is 2. The predicted octanol–water partition coefficient (Wildman–Crippen LogP) is 5.54. The first-order valence-electron chi connectivity index (χ1n) is 12.6. The van der Waals surface area contributed by atoms with Crippen LogP contribution in [0.2, 0.25) is 0 Å². The lowest BCUT2D eigenvalue weighted by Gasteiger charge is -2.37. The molecule has 174 valence electrons. The van der Waals surface area contributed by atoms with E-state index >= 15 is 0 Å². The second-order valence-corrected chi connectivity index (χ2v) is 10.5. The monoisotopic (exact) mass is 446 g/mol. The number of fused-ring (bicyclic) bond motifs is 3. The molecule has 2 bridgehead atoms. The Kier molecular flexibility index (Phi) is 6.29. The number of ether oxygens (including phenoxy) is 1. The first kappa shape index (κ1) is 22.2. The van der Waals surface area contributed by atoms with Crippen molar-refractivity contribution < 1.29 is 14.6 Å². The van der Waals surface area contributed by atoms with Gasteiger partial charge in [0.1, 0.15) is 17.4 Å². The maximum absolute atomic E-state index is 11.4. The van der Waals surface area contributed by atoms with Gasteiger partial charge in [0.15, 0.2) is 0 Å². The molecular weight excluding hydrogens is 412 g/mol. The number of rotatable bonds is 6. The summed E-state index contributed by atoms with van der Waals surface area (Å²) >= 11 is 0. The summed E-state index contributed by atoms with van der Waals surface area (Å²) in [6.07, 6.45) is 9.50. The fourth-order valence-corrected chi connectivity index (χ4v) is 6.35. The molecule has 0 spiro atoms. The normalized spacial score (nSPS) is 29.6. The van der Waals surface area contributed by atoms with Crippen molar-refractivity contribution in [2.75, 3.05) is 6.54 Å². The number of carboxylic acids is 1. The van der Waals surface area contributed by atoms with Crippen molar-refractivity contribution in [1.82, 2.24) is 4.90 Å². The van der Waals surface area contributed by atoms with E-state index in [-0.39, 0.29) is 12.0 Å². The third-order valence-corrected chi connectivity index (χ3v) is 8.31. The van der Waals surface area contributed by atoms with Crippen LogP contribution in [0, 0.1) is 23.2 Å². The van der Waals surface area contributed by atoms with Crippen LogP contribution < -0.4 is 4.74 Å². The van der Waals surface area contributed by atoms with Gasteiger partial charge in [-0.1, -0.05) is 31.2 Å². The Hall–Kier alpha value is -2.58. The molecule has 3 fully saturated rings. The van der Waals surface area contributed by atoms with Crippen molar-refractivity contribution in [3.63, 3.8) is 0 Å². The molecule has 1 aliphatic carbocycles. The summed E-state index contributed by atoms with van der Waals surface area (Å²) in [5.74, 6) is 0.692. The Morgan fingerprint density at radius 2 is 1.82 bits per heavy atom. The highest BCUT2D eigenvalue weighted by atomic mass is 16.5. The average Bonchev–Trinajstić information content (AvgIpc) is 3.05. The first-order valence-corrected chi connectivity index (χ1v) is 12.6. The molecule has 2 aromatic rings. The number of carbonyl (C=O) groups is 1. The Bertz CT molecular complexity index is 1050. The molecule has 1 saturated carbocycles. The summed E-state index contributed by atoms with van der Waals surface area (Å²) < 4.78 is 6.28. The fraction of sp³-hybridized carbons (Fsp3) is 0.571. The molecule has 5 rings (SSSR count). The van der Waals surface area contributed by atoms with Gasteiger partial charge in [0, 0.05) is 24.0 Å². The summed E-state index contributed by atoms with van der Waals surface area (Å²) in [6.45, 7) is 3.27. The molecular formula is C28H34N2O3. The van der Waals surface area contributed by atoms with E-state index in [4.69, 9.17) is 4.74 Å². The van der Waals surface area contributed by atoms with Gasteiger partial charge in [-0.2, -0.15) is 5.26 Å². The van der Waals surface area contributed by atoms with Gasteiger partial charge in [-0.15, -0.1) is 0 Å². The van der Waals surface area contributed by atoms with Gasteiger partial charge in [0.25, 0.3) is 0 Å². The van der Waals surface area contributed by atoms with Gasteiger partial charge < -0.3 is 9.84 Å². The Balaban J connectivity index is 1.27. The molecule has 0 radical (unpaired) electrons. The van der Waals surface area contributed by atoms with Gasteiger partial charge in [-0.25, -0.2) is 0 Å². The van der Waals surface area contributed by atoms with Crippen molar-refractivity contribution >= 4 is 16.7 Å². The van der Waals surface area contributed by atoms with Crippen LogP contribution in [0.4, 0.5) is 0 Å². The van der Waals surface area contributed by atoms with Crippen molar-refractivity contribution in [3.8, 4) is 11.8 Å². The standard InChI is InChI=1S/C28H34N2O3/c1-18-2-8-24(9-3-18)33-27-11-5-20-14-19(4-10-25(20)26(27)17-29)12-13-30-22-6-7-23(30)16-21(15-22)28(31)32/h4-5,10-11,14,18,21-24H,2-3,6-9,12-13,15-16H2,1H3,(H,31,32)/t18-,21?,22?,23?,24+. The SMILES string of the molecule is C[C@H]1CC[C@@H](Oc2ccc3cc(CCN4C5CCC4CC(C(=O)O)C5)ccc3c2C#N)CC1. The number of benzene rings is 2. The zero-order valence-corrected chi connectivity index (χ0v) is 19.5. The quantitative estimate of drug-likeness (QED) is 0.631. The van der Waals surface area contributed by atoms with E-state index in [1.165, 1.54) is 18.4 Å². The lowest BCUT2D eigenvalue weighted by Crippen LogP contribution is -2.45. The van der Waals surface area contributed by atoms with Gasteiger partial charge in [-0.3, -0.25) is 9.69 Å². The van der Waals surface area contributed by atoms with Crippen LogP contribution in [0.25, 0.3) is 10.8 Å². The molecule has 5 nitrogen and oxygen atoms in total. The minimum Gasteiger partial charge on any atom is -0.489 e. The highest BCUT2D eigenvalue weighted by Gasteiger charge is 2.42. The molecule has 5 heteroatoms. The van der Waals surface area contributed by atoms with Gasteiger partial charge in [0.05, 0.1) is 12.0 Å². The Morgan fingerprint density at radius 1 is 1.09 bits per heavy atom. The van der Waals surface area contributed by atoms with E-state index in [2.05, 4.69) is 42.2 Å². The van der Waals surface area contributed by atoms with Crippen LogP contribution in [0.1, 0.15) is 69.4 Å².